The molecule has 10 heteroatoms. The monoisotopic (exact) mass is 488 g/mol. The Morgan fingerprint density at radius 2 is 1.68 bits per heavy atom. The van der Waals surface area contributed by atoms with E-state index in [1.54, 1.807) is 12.1 Å². The van der Waals surface area contributed by atoms with Gasteiger partial charge in [-0.3, -0.25) is 4.79 Å². The molecule has 1 unspecified atom stereocenters. The number of hydrogen-bond acceptors (Lipinski definition) is 7. The quantitative estimate of drug-likeness (QED) is 0.615. The third kappa shape index (κ3) is 4.70. The van der Waals surface area contributed by atoms with E-state index in [-0.39, 0.29) is 23.5 Å². The van der Waals surface area contributed by atoms with Crippen molar-refractivity contribution in [1.29, 1.82) is 0 Å². The summed E-state index contributed by atoms with van der Waals surface area (Å²) in [5, 5.41) is 0. The number of nitrogens with zero attached hydrogens (tertiary/aromatic N) is 2. The maximum atomic E-state index is 13.0. The highest BCUT2D eigenvalue weighted by atomic mass is 32.2. The van der Waals surface area contributed by atoms with Gasteiger partial charge in [0.2, 0.25) is 10.0 Å². The summed E-state index contributed by atoms with van der Waals surface area (Å²) in [5.74, 6) is 1.78. The number of morpholine rings is 1. The molecule has 0 saturated carbocycles. The average Bonchev–Trinajstić information content (AvgIpc) is 3.38. The highest BCUT2D eigenvalue weighted by molar-refractivity contribution is 7.89. The van der Waals surface area contributed by atoms with Crippen LogP contribution in [0.3, 0.4) is 0 Å². The van der Waals surface area contributed by atoms with Gasteiger partial charge in [-0.1, -0.05) is 6.07 Å². The van der Waals surface area contributed by atoms with Gasteiger partial charge in [0.25, 0.3) is 5.91 Å². The van der Waals surface area contributed by atoms with Gasteiger partial charge in [0.15, 0.2) is 18.1 Å². The minimum absolute atomic E-state index is 0.0343. The maximum absolute atomic E-state index is 13.0. The predicted octanol–water partition coefficient (Wildman–Crippen LogP) is 2.22. The fourth-order valence-corrected chi connectivity index (χ4v) is 5.96. The Kier molecular flexibility index (Phi) is 6.62. The van der Waals surface area contributed by atoms with Crippen LogP contribution < -0.4 is 14.2 Å². The SMILES string of the molecule is O=C(COc1ccc(S(=O)(=O)N2CCOCC2)cc1)N1CCCC1c1ccc2c(c1)OCCO2. The van der Waals surface area contributed by atoms with Crippen LogP contribution in [0.5, 0.6) is 17.2 Å². The smallest absolute Gasteiger partial charge is 0.261 e. The van der Waals surface area contributed by atoms with E-state index in [1.165, 1.54) is 16.4 Å². The summed E-state index contributed by atoms with van der Waals surface area (Å²) in [5.41, 5.74) is 1.02. The predicted molar refractivity (Wildman–Crippen MR) is 123 cm³/mol. The average molecular weight is 489 g/mol. The number of ether oxygens (including phenoxy) is 4. The molecule has 0 radical (unpaired) electrons. The summed E-state index contributed by atoms with van der Waals surface area (Å²) >= 11 is 0. The lowest BCUT2D eigenvalue weighted by Gasteiger charge is -2.27. The van der Waals surface area contributed by atoms with Crippen LogP contribution >= 0.6 is 0 Å². The van der Waals surface area contributed by atoms with Gasteiger partial charge >= 0.3 is 0 Å². The van der Waals surface area contributed by atoms with Crippen molar-refractivity contribution in [2.45, 2.75) is 23.8 Å². The Balaban J connectivity index is 1.21. The number of likely N-dealkylation sites (tertiary alicyclic amines) is 1. The number of amides is 1. The third-order valence-corrected chi connectivity index (χ3v) is 8.23. The number of carbonyl (C=O) groups excluding carboxylic acids is 1. The zero-order valence-electron chi connectivity index (χ0n) is 18.9. The second kappa shape index (κ2) is 9.81. The van der Waals surface area contributed by atoms with E-state index in [9.17, 15) is 13.2 Å². The van der Waals surface area contributed by atoms with Crippen molar-refractivity contribution in [3.8, 4) is 17.2 Å². The molecule has 2 saturated heterocycles. The molecule has 2 fully saturated rings. The highest BCUT2D eigenvalue weighted by Gasteiger charge is 2.31. The number of hydrogen-bond donors (Lipinski definition) is 0. The zero-order chi connectivity index (χ0) is 23.5. The Hall–Kier alpha value is -2.82. The first-order valence-electron chi connectivity index (χ1n) is 11.5. The molecule has 1 atom stereocenters. The first kappa shape index (κ1) is 22.9. The molecule has 2 aromatic rings. The molecular weight excluding hydrogens is 460 g/mol. The maximum Gasteiger partial charge on any atom is 0.261 e. The summed E-state index contributed by atoms with van der Waals surface area (Å²) in [6, 6.07) is 12.0. The molecular formula is C24H28N2O7S. The van der Waals surface area contributed by atoms with Gasteiger partial charge in [0.05, 0.1) is 24.2 Å². The molecule has 1 amide bonds. The highest BCUT2D eigenvalue weighted by Crippen LogP contribution is 2.38. The van der Waals surface area contributed by atoms with Gasteiger partial charge in [-0.25, -0.2) is 8.42 Å². The van der Waals surface area contributed by atoms with Crippen LogP contribution in [0.25, 0.3) is 0 Å². The molecule has 0 spiro atoms. The zero-order valence-corrected chi connectivity index (χ0v) is 19.7. The summed E-state index contributed by atoms with van der Waals surface area (Å²) in [4.78, 5) is 15.0. The molecule has 34 heavy (non-hydrogen) atoms. The Bertz CT molecular complexity index is 1130. The van der Waals surface area contributed by atoms with E-state index in [0.717, 1.165) is 24.2 Å². The van der Waals surface area contributed by atoms with Crippen molar-refractivity contribution in [3.05, 3.63) is 48.0 Å². The lowest BCUT2D eigenvalue weighted by atomic mass is 10.0. The van der Waals surface area contributed by atoms with Crippen LogP contribution in [0.1, 0.15) is 24.4 Å². The summed E-state index contributed by atoms with van der Waals surface area (Å²) in [6.07, 6.45) is 1.79. The molecule has 3 aliphatic heterocycles. The van der Waals surface area contributed by atoms with Crippen molar-refractivity contribution in [3.63, 3.8) is 0 Å². The van der Waals surface area contributed by atoms with Crippen LogP contribution in [-0.2, 0) is 19.6 Å². The van der Waals surface area contributed by atoms with Gasteiger partial charge in [-0.2, -0.15) is 4.31 Å². The largest absolute Gasteiger partial charge is 0.486 e. The standard InChI is InChI=1S/C24H28N2O7S/c27-24(26-9-1-2-21(26)18-3-8-22-23(16-18)32-15-14-31-22)17-33-19-4-6-20(7-5-19)34(28,29)25-10-12-30-13-11-25/h3-8,16,21H,1-2,9-15,17H2. The van der Waals surface area contributed by atoms with Gasteiger partial charge in [0, 0.05) is 19.6 Å². The molecule has 9 nitrogen and oxygen atoms in total. The second-order valence-corrected chi connectivity index (χ2v) is 10.4. The van der Waals surface area contributed by atoms with Crippen LogP contribution in [0.15, 0.2) is 47.4 Å². The van der Waals surface area contributed by atoms with Gasteiger partial charge < -0.3 is 23.8 Å². The fourth-order valence-electron chi connectivity index (χ4n) is 4.55. The van der Waals surface area contributed by atoms with Gasteiger partial charge in [-0.15, -0.1) is 0 Å². The first-order valence-corrected chi connectivity index (χ1v) is 13.0. The first-order chi connectivity index (χ1) is 16.5. The number of fused-ring (bicyclic) bond motifs is 1. The molecule has 0 bridgehead atoms. The molecule has 2 aromatic carbocycles. The lowest BCUT2D eigenvalue weighted by Crippen LogP contribution is -2.40. The van der Waals surface area contributed by atoms with E-state index in [2.05, 4.69) is 0 Å². The summed E-state index contributed by atoms with van der Waals surface area (Å²) in [7, 11) is -3.56. The minimum Gasteiger partial charge on any atom is -0.486 e. The fraction of sp³-hybridized carbons (Fsp3) is 0.458. The van der Waals surface area contributed by atoms with Crippen molar-refractivity contribution in [1.82, 2.24) is 9.21 Å². The van der Waals surface area contributed by atoms with Crippen LogP contribution in [0, 0.1) is 0 Å². The van der Waals surface area contributed by atoms with E-state index in [4.69, 9.17) is 18.9 Å². The van der Waals surface area contributed by atoms with Crippen molar-refractivity contribution in [2.75, 3.05) is 52.7 Å². The van der Waals surface area contributed by atoms with Crippen molar-refractivity contribution in [2.24, 2.45) is 0 Å². The minimum atomic E-state index is -3.56. The van der Waals surface area contributed by atoms with E-state index in [0.29, 0.717) is 57.6 Å². The Morgan fingerprint density at radius 3 is 2.44 bits per heavy atom. The van der Waals surface area contributed by atoms with Gasteiger partial charge in [-0.05, 0) is 54.8 Å². The summed E-state index contributed by atoms with van der Waals surface area (Å²) in [6.45, 7) is 3.08. The van der Waals surface area contributed by atoms with Gasteiger partial charge in [0.1, 0.15) is 19.0 Å². The molecule has 0 aliphatic carbocycles. The topological polar surface area (TPSA) is 94.6 Å². The van der Waals surface area contributed by atoms with E-state index >= 15 is 0 Å². The molecule has 5 rings (SSSR count). The number of carbonyl (C=O) groups is 1. The van der Waals surface area contributed by atoms with E-state index in [1.807, 2.05) is 23.1 Å². The van der Waals surface area contributed by atoms with Crippen molar-refractivity contribution >= 4 is 15.9 Å². The molecule has 182 valence electrons. The normalized spacial score (nSPS) is 20.8. The second-order valence-electron chi connectivity index (χ2n) is 8.42. The van der Waals surface area contributed by atoms with Crippen molar-refractivity contribution < 1.29 is 32.2 Å². The third-order valence-electron chi connectivity index (χ3n) is 6.32. The number of benzene rings is 2. The number of rotatable bonds is 6. The molecule has 0 N–H and O–H groups in total. The molecule has 3 heterocycles. The summed E-state index contributed by atoms with van der Waals surface area (Å²) < 4.78 is 49.1. The van der Waals surface area contributed by atoms with Crippen LogP contribution in [0.4, 0.5) is 0 Å². The Labute approximate surface area is 199 Å². The molecule has 3 aliphatic rings. The lowest BCUT2D eigenvalue weighted by molar-refractivity contribution is -0.134. The Morgan fingerprint density at radius 1 is 0.941 bits per heavy atom. The molecule has 0 aromatic heterocycles. The van der Waals surface area contributed by atoms with Crippen LogP contribution in [0.2, 0.25) is 0 Å². The number of sulfonamides is 1. The van der Waals surface area contributed by atoms with Crippen LogP contribution in [-0.4, -0.2) is 76.2 Å². The van der Waals surface area contributed by atoms with E-state index < -0.39 is 10.0 Å².